The molecule has 2 N–H and O–H groups in total. The van der Waals surface area contributed by atoms with Crippen molar-refractivity contribution in [3.8, 4) is 22.5 Å². The van der Waals surface area contributed by atoms with E-state index < -0.39 is 0 Å². The van der Waals surface area contributed by atoms with Crippen molar-refractivity contribution in [3.05, 3.63) is 156 Å². The van der Waals surface area contributed by atoms with Crippen molar-refractivity contribution in [3.63, 3.8) is 0 Å². The third-order valence-electron chi connectivity index (χ3n) is 7.87. The first-order valence-corrected chi connectivity index (χ1v) is 14.3. The number of rotatable bonds is 5. The molecule has 8 rings (SSSR count). The van der Waals surface area contributed by atoms with Gasteiger partial charge in [-0.1, -0.05) is 84.9 Å². The molecule has 4 heterocycles. The van der Waals surface area contributed by atoms with E-state index in [1.165, 1.54) is 0 Å². The van der Waals surface area contributed by atoms with Crippen LogP contribution in [-0.4, -0.2) is 15.8 Å². The summed E-state index contributed by atoms with van der Waals surface area (Å²) in [5.74, 6) is 0.839. The predicted molar refractivity (Wildman–Crippen MR) is 171 cm³/mol. The molecule has 6 heteroatoms. The quantitative estimate of drug-likeness (QED) is 0.224. The number of aliphatic imine (C=N–C) groups is 1. The van der Waals surface area contributed by atoms with Gasteiger partial charge in [-0.25, -0.2) is 4.99 Å². The largest absolute Gasteiger partial charge is 0.455 e. The Morgan fingerprint density at radius 3 is 2.09 bits per heavy atom. The van der Waals surface area contributed by atoms with Gasteiger partial charge >= 0.3 is 0 Å². The number of hydrogen-bond donors (Lipinski definition) is 2. The van der Waals surface area contributed by atoms with Gasteiger partial charge in [-0.3, -0.25) is 15.3 Å². The van der Waals surface area contributed by atoms with E-state index in [1.54, 1.807) is 0 Å². The summed E-state index contributed by atoms with van der Waals surface area (Å²) in [6.45, 7) is 0. The van der Waals surface area contributed by atoms with E-state index in [1.807, 2.05) is 91.3 Å². The van der Waals surface area contributed by atoms with Crippen LogP contribution in [0.5, 0.6) is 0 Å². The Bertz CT molecular complexity index is 2070. The summed E-state index contributed by atoms with van der Waals surface area (Å²) in [5, 5.41) is 9.51. The maximum Gasteiger partial charge on any atom is 0.144 e. The number of nitrogens with one attached hydrogen (secondary N) is 2. The van der Waals surface area contributed by atoms with E-state index >= 15 is 0 Å². The van der Waals surface area contributed by atoms with E-state index in [2.05, 4.69) is 69.1 Å². The first-order valence-electron chi connectivity index (χ1n) is 14.3. The molecule has 0 saturated carbocycles. The maximum atomic E-state index is 6.64. The van der Waals surface area contributed by atoms with Gasteiger partial charge in [0.2, 0.25) is 0 Å². The van der Waals surface area contributed by atoms with E-state index in [0.29, 0.717) is 0 Å². The second-order valence-corrected chi connectivity index (χ2v) is 10.6. The minimum Gasteiger partial charge on any atom is -0.455 e. The molecule has 2 atom stereocenters. The lowest BCUT2D eigenvalue weighted by atomic mass is 9.97. The molecular formula is C37H27N5O. The summed E-state index contributed by atoms with van der Waals surface area (Å²) in [6.07, 6.45) is 3.17. The lowest BCUT2D eigenvalue weighted by molar-refractivity contribution is 0.411. The fourth-order valence-corrected chi connectivity index (χ4v) is 5.86. The second-order valence-electron chi connectivity index (χ2n) is 10.6. The molecule has 0 radical (unpaired) electrons. The smallest absolute Gasteiger partial charge is 0.144 e. The highest BCUT2D eigenvalue weighted by atomic mass is 16.3. The molecule has 2 unspecified atom stereocenters. The number of amidine groups is 1. The van der Waals surface area contributed by atoms with Crippen LogP contribution in [0.1, 0.15) is 29.0 Å². The van der Waals surface area contributed by atoms with Crippen molar-refractivity contribution in [2.75, 3.05) is 0 Å². The van der Waals surface area contributed by atoms with Crippen molar-refractivity contribution >= 4 is 27.8 Å². The lowest BCUT2D eigenvalue weighted by Gasteiger charge is -2.32. The van der Waals surface area contributed by atoms with Crippen LogP contribution in [0, 0.1) is 0 Å². The van der Waals surface area contributed by atoms with Gasteiger partial charge < -0.3 is 9.73 Å². The second kappa shape index (κ2) is 10.7. The average Bonchev–Trinajstić information content (AvgIpc) is 3.48. The minimum absolute atomic E-state index is 0.232. The van der Waals surface area contributed by atoms with Crippen LogP contribution in [-0.2, 0) is 0 Å². The predicted octanol–water partition coefficient (Wildman–Crippen LogP) is 8.05. The summed E-state index contributed by atoms with van der Waals surface area (Å²) in [7, 11) is 0. The van der Waals surface area contributed by atoms with Gasteiger partial charge in [0, 0.05) is 45.4 Å². The molecule has 0 fully saturated rings. The molecule has 0 spiro atoms. The van der Waals surface area contributed by atoms with Gasteiger partial charge in [0.15, 0.2) is 0 Å². The summed E-state index contributed by atoms with van der Waals surface area (Å²) >= 11 is 0. The number of nitrogens with zero attached hydrogens (tertiary/aromatic N) is 3. The first kappa shape index (κ1) is 25.1. The maximum absolute atomic E-state index is 6.64. The Morgan fingerprint density at radius 1 is 0.628 bits per heavy atom. The zero-order valence-electron chi connectivity index (χ0n) is 23.2. The van der Waals surface area contributed by atoms with Crippen molar-refractivity contribution in [2.24, 2.45) is 4.99 Å². The monoisotopic (exact) mass is 557 g/mol. The number of benzene rings is 4. The van der Waals surface area contributed by atoms with Gasteiger partial charge in [0.25, 0.3) is 0 Å². The number of aromatic nitrogens is 2. The normalized spacial score (nSPS) is 16.6. The molecule has 6 nitrogen and oxygen atoms in total. The van der Waals surface area contributed by atoms with Crippen LogP contribution in [0.2, 0.25) is 0 Å². The summed E-state index contributed by atoms with van der Waals surface area (Å²) < 4.78 is 6.64. The fourth-order valence-electron chi connectivity index (χ4n) is 5.86. The van der Waals surface area contributed by atoms with Crippen molar-refractivity contribution in [2.45, 2.75) is 12.3 Å². The standard InChI is InChI=1S/C37H27N5O/c1-3-12-24(13-4-1)35-40-36(25-14-5-2-6-15-25)42-37(41-35)27-16-11-19-32-33(27)29-23-26(30-17-7-9-20-38-30)22-28(34(29)43-32)31-18-8-10-21-39-31/h1-23,35,37,41H,(H,40,42). The van der Waals surface area contributed by atoms with Gasteiger partial charge in [-0.15, -0.1) is 0 Å². The van der Waals surface area contributed by atoms with Crippen LogP contribution in [0.15, 0.2) is 149 Å². The number of hydrogen-bond acceptors (Lipinski definition) is 6. The van der Waals surface area contributed by atoms with E-state index in [4.69, 9.17) is 9.41 Å². The molecule has 0 saturated heterocycles. The minimum atomic E-state index is -0.237. The number of fused-ring (bicyclic) bond motifs is 3. The van der Waals surface area contributed by atoms with Gasteiger partial charge in [0.1, 0.15) is 29.3 Å². The molecule has 7 aromatic rings. The van der Waals surface area contributed by atoms with Crippen LogP contribution >= 0.6 is 0 Å². The van der Waals surface area contributed by atoms with E-state index in [9.17, 15) is 0 Å². The number of pyridine rings is 2. The fraction of sp³-hybridized carbons (Fsp3) is 0.0541. The van der Waals surface area contributed by atoms with Gasteiger partial charge in [-0.2, -0.15) is 0 Å². The molecular weight excluding hydrogens is 530 g/mol. The summed E-state index contributed by atoms with van der Waals surface area (Å²) in [5.41, 5.74) is 8.50. The van der Waals surface area contributed by atoms with Crippen LogP contribution < -0.4 is 10.6 Å². The van der Waals surface area contributed by atoms with E-state index in [0.717, 1.165) is 67.0 Å². The Kier molecular flexibility index (Phi) is 6.24. The zero-order valence-corrected chi connectivity index (χ0v) is 23.2. The molecule has 1 aliphatic heterocycles. The van der Waals surface area contributed by atoms with E-state index in [-0.39, 0.29) is 12.3 Å². The van der Waals surface area contributed by atoms with Crippen LogP contribution in [0.4, 0.5) is 0 Å². The van der Waals surface area contributed by atoms with Crippen molar-refractivity contribution in [1.29, 1.82) is 0 Å². The van der Waals surface area contributed by atoms with Gasteiger partial charge in [-0.05, 0) is 48.0 Å². The molecule has 3 aromatic heterocycles. The molecule has 0 bridgehead atoms. The Morgan fingerprint density at radius 2 is 1.35 bits per heavy atom. The number of furan rings is 1. The first-order chi connectivity index (χ1) is 21.3. The van der Waals surface area contributed by atoms with Crippen molar-refractivity contribution in [1.82, 2.24) is 20.6 Å². The molecule has 0 aliphatic carbocycles. The van der Waals surface area contributed by atoms with Crippen LogP contribution in [0.3, 0.4) is 0 Å². The Balaban J connectivity index is 1.34. The zero-order chi connectivity index (χ0) is 28.6. The Labute approximate surface area is 248 Å². The lowest BCUT2D eigenvalue weighted by Crippen LogP contribution is -2.45. The average molecular weight is 558 g/mol. The third-order valence-corrected chi connectivity index (χ3v) is 7.87. The molecule has 43 heavy (non-hydrogen) atoms. The highest BCUT2D eigenvalue weighted by Crippen LogP contribution is 2.41. The summed E-state index contributed by atoms with van der Waals surface area (Å²) in [6, 6.07) is 43.1. The molecule has 206 valence electrons. The highest BCUT2D eigenvalue weighted by molar-refractivity contribution is 6.12. The summed E-state index contributed by atoms with van der Waals surface area (Å²) in [4.78, 5) is 14.4. The van der Waals surface area contributed by atoms with Gasteiger partial charge in [0.05, 0.1) is 11.4 Å². The molecule has 1 aliphatic rings. The topological polar surface area (TPSA) is 75.3 Å². The SMILES string of the molecule is c1ccc(C2=NC(c3ccccc3)NC(c3cccc4oc5c(-c6ccccn6)cc(-c6ccccn6)cc5c34)N2)cc1. The highest BCUT2D eigenvalue weighted by Gasteiger charge is 2.28. The Hall–Kier alpha value is -5.59. The molecule has 4 aromatic carbocycles. The van der Waals surface area contributed by atoms with Crippen molar-refractivity contribution < 1.29 is 4.42 Å². The third kappa shape index (κ3) is 4.64. The van der Waals surface area contributed by atoms with Crippen LogP contribution in [0.25, 0.3) is 44.5 Å². The molecule has 0 amide bonds.